The molecule has 1 heterocycles. The molecular formula is C18H39IN4O. The molecule has 6 heteroatoms. The minimum atomic E-state index is -0.0805. The van der Waals surface area contributed by atoms with Crippen molar-refractivity contribution in [3.05, 3.63) is 0 Å². The van der Waals surface area contributed by atoms with Crippen LogP contribution >= 0.6 is 24.0 Å². The third-order valence-corrected chi connectivity index (χ3v) is 4.43. The molecule has 0 amide bonds. The number of nitrogens with one attached hydrogen (secondary N) is 2. The van der Waals surface area contributed by atoms with Crippen molar-refractivity contribution in [1.82, 2.24) is 15.5 Å². The second-order valence-corrected chi connectivity index (χ2v) is 6.73. The average Bonchev–Trinajstić information content (AvgIpc) is 2.53. The van der Waals surface area contributed by atoms with Gasteiger partial charge in [0.25, 0.3) is 0 Å². The van der Waals surface area contributed by atoms with Gasteiger partial charge in [-0.1, -0.05) is 26.2 Å². The topological polar surface area (TPSA) is 59.9 Å². The van der Waals surface area contributed by atoms with Gasteiger partial charge in [0.15, 0.2) is 5.96 Å². The Bertz CT molecular complexity index is 320. The van der Waals surface area contributed by atoms with E-state index in [0.29, 0.717) is 6.04 Å². The molecule has 24 heavy (non-hydrogen) atoms. The van der Waals surface area contributed by atoms with E-state index in [1.165, 1.54) is 25.7 Å². The summed E-state index contributed by atoms with van der Waals surface area (Å²) in [7, 11) is 0. The zero-order valence-electron chi connectivity index (χ0n) is 15.9. The fraction of sp³-hybridized carbons (Fsp3) is 0.944. The Morgan fingerprint density at radius 3 is 2.54 bits per heavy atom. The van der Waals surface area contributed by atoms with Gasteiger partial charge >= 0.3 is 0 Å². The molecule has 1 unspecified atom stereocenters. The number of rotatable bonds is 10. The molecule has 0 aromatic rings. The molecule has 0 aromatic carbocycles. The fourth-order valence-electron chi connectivity index (χ4n) is 2.95. The molecular weight excluding hydrogens is 415 g/mol. The Kier molecular flexibility index (Phi) is 15.1. The summed E-state index contributed by atoms with van der Waals surface area (Å²) in [6.07, 6.45) is 7.91. The molecule has 0 saturated carbocycles. The van der Waals surface area contributed by atoms with Crippen molar-refractivity contribution in [3.8, 4) is 0 Å². The number of likely N-dealkylation sites (tertiary alicyclic amines) is 1. The number of halogens is 1. The molecule has 0 spiro atoms. The van der Waals surface area contributed by atoms with Gasteiger partial charge in [-0.3, -0.25) is 4.99 Å². The van der Waals surface area contributed by atoms with Crippen LogP contribution in [0, 0.1) is 0 Å². The molecule has 1 saturated heterocycles. The third kappa shape index (κ3) is 11.5. The molecule has 0 radical (unpaired) electrons. The number of aliphatic hydroxyl groups excluding tert-OH is 1. The summed E-state index contributed by atoms with van der Waals surface area (Å²) in [5.41, 5.74) is 0. The van der Waals surface area contributed by atoms with E-state index >= 15 is 0 Å². The van der Waals surface area contributed by atoms with Crippen molar-refractivity contribution in [3.63, 3.8) is 0 Å². The summed E-state index contributed by atoms with van der Waals surface area (Å²) in [5, 5.41) is 16.4. The maximum Gasteiger partial charge on any atom is 0.191 e. The smallest absolute Gasteiger partial charge is 0.191 e. The van der Waals surface area contributed by atoms with Gasteiger partial charge < -0.3 is 20.6 Å². The largest absolute Gasteiger partial charge is 0.393 e. The van der Waals surface area contributed by atoms with E-state index in [0.717, 1.165) is 57.9 Å². The Labute approximate surface area is 166 Å². The SMILES string of the molecule is CCCCCC(C)NC(=NCCCN1CCC(O)CC1)NCC.I. The van der Waals surface area contributed by atoms with Crippen LogP contribution in [0.2, 0.25) is 0 Å². The number of aliphatic imine (C=N–C) groups is 1. The molecule has 3 N–H and O–H groups in total. The molecule has 0 bridgehead atoms. The normalized spacial score (nSPS) is 18.1. The van der Waals surface area contributed by atoms with E-state index < -0.39 is 0 Å². The van der Waals surface area contributed by atoms with E-state index in [1.807, 2.05) is 0 Å². The Morgan fingerprint density at radius 2 is 1.92 bits per heavy atom. The van der Waals surface area contributed by atoms with Crippen LogP contribution in [0.15, 0.2) is 4.99 Å². The second kappa shape index (κ2) is 15.2. The van der Waals surface area contributed by atoms with E-state index in [-0.39, 0.29) is 30.1 Å². The Hall–Kier alpha value is -0.0800. The predicted molar refractivity (Wildman–Crippen MR) is 114 cm³/mol. The first-order valence-corrected chi connectivity index (χ1v) is 9.61. The number of unbranched alkanes of at least 4 members (excludes halogenated alkanes) is 2. The molecule has 1 fully saturated rings. The van der Waals surface area contributed by atoms with E-state index in [1.54, 1.807) is 0 Å². The fourth-order valence-corrected chi connectivity index (χ4v) is 2.95. The van der Waals surface area contributed by atoms with Crippen LogP contribution in [0.5, 0.6) is 0 Å². The van der Waals surface area contributed by atoms with Crippen molar-refractivity contribution in [2.75, 3.05) is 32.7 Å². The van der Waals surface area contributed by atoms with E-state index in [4.69, 9.17) is 4.99 Å². The highest BCUT2D eigenvalue weighted by molar-refractivity contribution is 14.0. The van der Waals surface area contributed by atoms with Crippen LogP contribution < -0.4 is 10.6 Å². The van der Waals surface area contributed by atoms with Gasteiger partial charge in [-0.2, -0.15) is 0 Å². The van der Waals surface area contributed by atoms with Crippen LogP contribution in [0.1, 0.15) is 65.7 Å². The van der Waals surface area contributed by atoms with Crippen molar-refractivity contribution in [2.24, 2.45) is 4.99 Å². The van der Waals surface area contributed by atoms with Crippen LogP contribution in [0.3, 0.4) is 0 Å². The summed E-state index contributed by atoms with van der Waals surface area (Å²) in [6.45, 7) is 11.5. The van der Waals surface area contributed by atoms with Gasteiger partial charge in [0, 0.05) is 32.2 Å². The van der Waals surface area contributed by atoms with Crippen molar-refractivity contribution >= 4 is 29.9 Å². The minimum absolute atomic E-state index is 0. The van der Waals surface area contributed by atoms with Gasteiger partial charge in [0.1, 0.15) is 0 Å². The number of hydrogen-bond acceptors (Lipinski definition) is 3. The first kappa shape index (κ1) is 23.9. The quantitative estimate of drug-likeness (QED) is 0.206. The molecule has 1 aliphatic rings. The highest BCUT2D eigenvalue weighted by Gasteiger charge is 2.15. The molecule has 0 aromatic heterocycles. The zero-order valence-corrected chi connectivity index (χ0v) is 18.2. The number of guanidine groups is 1. The van der Waals surface area contributed by atoms with Gasteiger partial charge in [0.05, 0.1) is 6.10 Å². The van der Waals surface area contributed by atoms with E-state index in [9.17, 15) is 5.11 Å². The highest BCUT2D eigenvalue weighted by Crippen LogP contribution is 2.09. The zero-order chi connectivity index (χ0) is 16.9. The summed E-state index contributed by atoms with van der Waals surface area (Å²) < 4.78 is 0. The van der Waals surface area contributed by atoms with Crippen molar-refractivity contribution in [2.45, 2.75) is 77.9 Å². The van der Waals surface area contributed by atoms with Gasteiger partial charge in [-0.25, -0.2) is 0 Å². The maximum absolute atomic E-state index is 9.53. The molecule has 1 aliphatic heterocycles. The standard InChI is InChI=1S/C18H38N4O.HI/c1-4-6-7-9-16(3)21-18(19-5-2)20-12-8-13-22-14-10-17(23)11-15-22;/h16-17,23H,4-15H2,1-3H3,(H2,19,20,21);1H. The average molecular weight is 454 g/mol. The lowest BCUT2D eigenvalue weighted by Gasteiger charge is -2.29. The number of aliphatic hydroxyl groups is 1. The first-order chi connectivity index (χ1) is 11.2. The monoisotopic (exact) mass is 454 g/mol. The van der Waals surface area contributed by atoms with Crippen LogP contribution in [0.25, 0.3) is 0 Å². The number of piperidine rings is 1. The molecule has 144 valence electrons. The molecule has 1 rings (SSSR count). The van der Waals surface area contributed by atoms with Crippen molar-refractivity contribution < 1.29 is 5.11 Å². The molecule has 1 atom stereocenters. The summed E-state index contributed by atoms with van der Waals surface area (Å²) in [4.78, 5) is 7.14. The van der Waals surface area contributed by atoms with E-state index in [2.05, 4.69) is 36.3 Å². The Balaban J connectivity index is 0.00000529. The summed E-state index contributed by atoms with van der Waals surface area (Å²) >= 11 is 0. The second-order valence-electron chi connectivity index (χ2n) is 6.73. The van der Waals surface area contributed by atoms with Crippen LogP contribution in [0.4, 0.5) is 0 Å². The summed E-state index contributed by atoms with van der Waals surface area (Å²) in [6, 6.07) is 0.475. The highest BCUT2D eigenvalue weighted by atomic mass is 127. The predicted octanol–water partition coefficient (Wildman–Crippen LogP) is 2.98. The van der Waals surface area contributed by atoms with Crippen LogP contribution in [-0.2, 0) is 0 Å². The van der Waals surface area contributed by atoms with Gasteiger partial charge in [-0.05, 0) is 46.1 Å². The van der Waals surface area contributed by atoms with Gasteiger partial charge in [-0.15, -0.1) is 24.0 Å². The van der Waals surface area contributed by atoms with Gasteiger partial charge in [0.2, 0.25) is 0 Å². The minimum Gasteiger partial charge on any atom is -0.393 e. The Morgan fingerprint density at radius 1 is 1.21 bits per heavy atom. The summed E-state index contributed by atoms with van der Waals surface area (Å²) in [5.74, 6) is 0.950. The first-order valence-electron chi connectivity index (χ1n) is 9.61. The number of hydrogen-bond donors (Lipinski definition) is 3. The van der Waals surface area contributed by atoms with Crippen LogP contribution in [-0.4, -0.2) is 60.8 Å². The number of nitrogens with zero attached hydrogens (tertiary/aromatic N) is 2. The lowest BCUT2D eigenvalue weighted by atomic mass is 10.1. The molecule has 5 nitrogen and oxygen atoms in total. The lowest BCUT2D eigenvalue weighted by Crippen LogP contribution is -2.42. The maximum atomic E-state index is 9.53. The van der Waals surface area contributed by atoms with Crippen molar-refractivity contribution in [1.29, 1.82) is 0 Å². The lowest BCUT2D eigenvalue weighted by molar-refractivity contribution is 0.0824. The molecule has 0 aliphatic carbocycles. The third-order valence-electron chi connectivity index (χ3n) is 4.43.